The van der Waals surface area contributed by atoms with Crippen molar-refractivity contribution in [3.8, 4) is 0 Å². The van der Waals surface area contributed by atoms with Gasteiger partial charge in [0.25, 0.3) is 0 Å². The van der Waals surface area contributed by atoms with E-state index >= 15 is 0 Å². The lowest BCUT2D eigenvalue weighted by molar-refractivity contribution is 0.0742. The van der Waals surface area contributed by atoms with Crippen LogP contribution in [0.3, 0.4) is 0 Å². The highest BCUT2D eigenvalue weighted by Gasteiger charge is 2.24. The summed E-state index contributed by atoms with van der Waals surface area (Å²) in [6.07, 6.45) is 18.9. The van der Waals surface area contributed by atoms with Gasteiger partial charge in [0.2, 0.25) is 0 Å². The van der Waals surface area contributed by atoms with E-state index in [1.165, 1.54) is 83.5 Å². The first kappa shape index (κ1) is 18.3. The van der Waals surface area contributed by atoms with E-state index in [0.717, 1.165) is 36.9 Å². The summed E-state index contributed by atoms with van der Waals surface area (Å²) in [5.41, 5.74) is 0. The fourth-order valence-corrected chi connectivity index (χ4v) is 4.58. The molecular weight excluding hydrogens is 268 g/mol. The number of hydrogen-bond acceptors (Lipinski definition) is 1. The molecule has 0 N–H and O–H groups in total. The molecule has 0 saturated heterocycles. The first-order chi connectivity index (χ1) is 10.8. The summed E-state index contributed by atoms with van der Waals surface area (Å²) in [4.78, 5) is 0. The van der Waals surface area contributed by atoms with E-state index in [9.17, 15) is 0 Å². The molecule has 2 rings (SSSR count). The predicted octanol–water partition coefficient (Wildman–Crippen LogP) is 6.61. The Hall–Kier alpha value is -0.0400. The summed E-state index contributed by atoms with van der Waals surface area (Å²) in [6.45, 7) is 6.63. The zero-order valence-corrected chi connectivity index (χ0v) is 15.3. The second-order valence-electron chi connectivity index (χ2n) is 8.19. The first-order valence-electron chi connectivity index (χ1n) is 10.4. The molecule has 2 fully saturated rings. The normalized spacial score (nSPS) is 33.0. The molecule has 1 nitrogen and oxygen atoms in total. The Kier molecular flexibility index (Phi) is 8.89. The average molecular weight is 309 g/mol. The molecular formula is C21H40O. The van der Waals surface area contributed by atoms with Gasteiger partial charge < -0.3 is 4.74 Å². The van der Waals surface area contributed by atoms with Gasteiger partial charge in [0, 0.05) is 13.2 Å². The van der Waals surface area contributed by atoms with Crippen molar-refractivity contribution in [2.75, 3.05) is 13.2 Å². The Morgan fingerprint density at radius 3 is 1.68 bits per heavy atom. The molecule has 0 spiro atoms. The van der Waals surface area contributed by atoms with E-state index in [2.05, 4.69) is 13.8 Å². The van der Waals surface area contributed by atoms with Gasteiger partial charge in [-0.15, -0.1) is 0 Å². The van der Waals surface area contributed by atoms with Crippen molar-refractivity contribution >= 4 is 0 Å². The Morgan fingerprint density at radius 1 is 0.682 bits per heavy atom. The molecule has 0 amide bonds. The quantitative estimate of drug-likeness (QED) is 0.436. The zero-order chi connectivity index (χ0) is 15.6. The fraction of sp³-hybridized carbons (Fsp3) is 1.00. The molecule has 0 atom stereocenters. The van der Waals surface area contributed by atoms with Crippen molar-refractivity contribution in [3.05, 3.63) is 0 Å². The van der Waals surface area contributed by atoms with Crippen molar-refractivity contribution < 1.29 is 4.74 Å². The van der Waals surface area contributed by atoms with Crippen LogP contribution in [0.15, 0.2) is 0 Å². The summed E-state index contributed by atoms with van der Waals surface area (Å²) in [7, 11) is 0. The lowest BCUT2D eigenvalue weighted by Gasteiger charge is -2.31. The molecule has 0 radical (unpaired) electrons. The molecule has 0 aromatic carbocycles. The van der Waals surface area contributed by atoms with E-state index in [0.29, 0.717) is 0 Å². The minimum absolute atomic E-state index is 0.869. The van der Waals surface area contributed by atoms with E-state index in [1.54, 1.807) is 0 Å². The maximum absolute atomic E-state index is 5.82. The van der Waals surface area contributed by atoms with Crippen molar-refractivity contribution in [1.29, 1.82) is 0 Å². The zero-order valence-electron chi connectivity index (χ0n) is 15.3. The molecule has 2 aliphatic rings. The van der Waals surface area contributed by atoms with E-state index < -0.39 is 0 Å². The number of hydrogen-bond donors (Lipinski definition) is 0. The van der Waals surface area contributed by atoms with Crippen LogP contribution in [0.5, 0.6) is 0 Å². The van der Waals surface area contributed by atoms with Crippen LogP contribution in [-0.4, -0.2) is 13.2 Å². The summed E-state index contributed by atoms with van der Waals surface area (Å²) < 4.78 is 5.82. The van der Waals surface area contributed by atoms with E-state index in [-0.39, 0.29) is 0 Å². The van der Waals surface area contributed by atoms with Crippen LogP contribution >= 0.6 is 0 Å². The fourth-order valence-electron chi connectivity index (χ4n) is 4.58. The Balaban J connectivity index is 1.50. The Morgan fingerprint density at radius 2 is 1.18 bits per heavy atom. The van der Waals surface area contributed by atoms with Crippen LogP contribution in [0.4, 0.5) is 0 Å². The Labute approximate surface area is 139 Å². The minimum Gasteiger partial charge on any atom is -0.381 e. The molecule has 22 heavy (non-hydrogen) atoms. The lowest BCUT2D eigenvalue weighted by Crippen LogP contribution is -2.20. The van der Waals surface area contributed by atoms with Crippen LogP contribution in [0.2, 0.25) is 0 Å². The maximum atomic E-state index is 5.82. The van der Waals surface area contributed by atoms with Gasteiger partial charge >= 0.3 is 0 Å². The molecule has 0 bridgehead atoms. The molecule has 2 aliphatic carbocycles. The lowest BCUT2D eigenvalue weighted by atomic mass is 9.75. The van der Waals surface area contributed by atoms with Crippen LogP contribution in [0.1, 0.15) is 97.3 Å². The Bertz CT molecular complexity index is 259. The monoisotopic (exact) mass is 308 g/mol. The van der Waals surface area contributed by atoms with Gasteiger partial charge in [-0.25, -0.2) is 0 Å². The molecule has 0 aliphatic heterocycles. The second kappa shape index (κ2) is 10.7. The van der Waals surface area contributed by atoms with Crippen LogP contribution in [0.25, 0.3) is 0 Å². The van der Waals surface area contributed by atoms with Crippen LogP contribution < -0.4 is 0 Å². The van der Waals surface area contributed by atoms with E-state index in [1.807, 2.05) is 0 Å². The summed E-state index contributed by atoms with van der Waals surface area (Å²) in [5.74, 6) is 4.03. The van der Waals surface area contributed by atoms with Crippen molar-refractivity contribution in [2.24, 2.45) is 23.7 Å². The van der Waals surface area contributed by atoms with Gasteiger partial charge in [-0.1, -0.05) is 78.1 Å². The summed E-state index contributed by atoms with van der Waals surface area (Å²) in [6, 6.07) is 0. The largest absolute Gasteiger partial charge is 0.381 e. The highest BCUT2D eigenvalue weighted by molar-refractivity contribution is 4.76. The summed E-state index contributed by atoms with van der Waals surface area (Å²) in [5, 5.41) is 0. The maximum Gasteiger partial charge on any atom is 0.0494 e. The van der Waals surface area contributed by atoms with Gasteiger partial charge in [-0.2, -0.15) is 0 Å². The molecule has 0 heterocycles. The highest BCUT2D eigenvalue weighted by Crippen LogP contribution is 2.37. The SMILES string of the molecule is CCCCOCC1CCC(CCC2CCC(CC)CC2)CC1. The van der Waals surface area contributed by atoms with E-state index in [4.69, 9.17) is 4.74 Å². The predicted molar refractivity (Wildman–Crippen MR) is 96.1 cm³/mol. The molecule has 0 aromatic heterocycles. The molecule has 0 unspecified atom stereocenters. The number of ether oxygens (including phenoxy) is 1. The van der Waals surface area contributed by atoms with Gasteiger partial charge in [0.15, 0.2) is 0 Å². The molecule has 2 saturated carbocycles. The highest BCUT2D eigenvalue weighted by atomic mass is 16.5. The number of unbranched alkanes of at least 4 members (excludes halogenated alkanes) is 1. The van der Waals surface area contributed by atoms with Crippen molar-refractivity contribution in [1.82, 2.24) is 0 Å². The van der Waals surface area contributed by atoms with Crippen LogP contribution in [0, 0.1) is 23.7 Å². The van der Waals surface area contributed by atoms with Gasteiger partial charge in [-0.3, -0.25) is 0 Å². The summed E-state index contributed by atoms with van der Waals surface area (Å²) >= 11 is 0. The third-order valence-corrected chi connectivity index (χ3v) is 6.49. The van der Waals surface area contributed by atoms with Crippen molar-refractivity contribution in [3.63, 3.8) is 0 Å². The van der Waals surface area contributed by atoms with Crippen LogP contribution in [-0.2, 0) is 4.74 Å². The molecule has 130 valence electrons. The van der Waals surface area contributed by atoms with Gasteiger partial charge in [0.1, 0.15) is 0 Å². The van der Waals surface area contributed by atoms with Crippen molar-refractivity contribution in [2.45, 2.75) is 97.3 Å². The average Bonchev–Trinajstić information content (AvgIpc) is 2.58. The number of rotatable bonds is 9. The third-order valence-electron chi connectivity index (χ3n) is 6.49. The molecule has 1 heteroatoms. The third kappa shape index (κ3) is 6.60. The second-order valence-corrected chi connectivity index (χ2v) is 8.19. The first-order valence-corrected chi connectivity index (χ1v) is 10.4. The van der Waals surface area contributed by atoms with Gasteiger partial charge in [-0.05, 0) is 42.9 Å². The topological polar surface area (TPSA) is 9.23 Å². The molecule has 0 aromatic rings. The minimum atomic E-state index is 0.869. The standard InChI is InChI=1S/C21H40O/c1-3-5-16-22-17-21-14-12-20(13-15-21)11-10-19-8-6-18(4-2)7-9-19/h18-21H,3-17H2,1-2H3. The van der Waals surface area contributed by atoms with Gasteiger partial charge in [0.05, 0.1) is 0 Å². The smallest absolute Gasteiger partial charge is 0.0494 e.